The molecule has 4 heteroatoms. The lowest BCUT2D eigenvalue weighted by Crippen LogP contribution is -2.60. The van der Waals surface area contributed by atoms with Crippen LogP contribution in [0.25, 0.3) is 0 Å². The van der Waals surface area contributed by atoms with Crippen molar-refractivity contribution >= 4 is 10.0 Å². The molecule has 0 aliphatic carbocycles. The quantitative estimate of drug-likeness (QED) is 0.610. The van der Waals surface area contributed by atoms with Crippen LogP contribution in [-0.4, -0.2) is 39.1 Å². The van der Waals surface area contributed by atoms with E-state index in [1.807, 2.05) is 0 Å². The zero-order valence-electron chi connectivity index (χ0n) is 14.8. The first-order valence-corrected chi connectivity index (χ1v) is 8.85. The Morgan fingerprint density at radius 2 is 1.73 bits per heavy atom. The van der Waals surface area contributed by atoms with Crippen LogP contribution in [0, 0.1) is 6.92 Å². The summed E-state index contributed by atoms with van der Waals surface area (Å²) in [6, 6.07) is 8.34. The molecule has 3 nitrogen and oxygen atoms in total. The number of rotatable bonds is 5. The number of piperidine rings is 1. The molecule has 1 fully saturated rings. The molecule has 0 bridgehead atoms. The Bertz CT molecular complexity index is 484. The maximum atomic E-state index is 6.04. The molecule has 0 amide bonds. The van der Waals surface area contributed by atoms with Gasteiger partial charge in [-0.1, -0.05) is 24.3 Å². The van der Waals surface area contributed by atoms with E-state index >= 15 is 0 Å². The zero-order valence-corrected chi connectivity index (χ0v) is 15.8. The van der Waals surface area contributed by atoms with Gasteiger partial charge in [0.15, 0.2) is 0 Å². The molecule has 0 unspecified atom stereocenters. The van der Waals surface area contributed by atoms with E-state index in [0.29, 0.717) is 6.61 Å². The van der Waals surface area contributed by atoms with Crippen molar-refractivity contribution in [1.82, 2.24) is 4.90 Å². The molecule has 0 saturated carbocycles. The van der Waals surface area contributed by atoms with Gasteiger partial charge in [-0.25, -0.2) is 0 Å². The fourth-order valence-corrected chi connectivity index (χ4v) is 3.93. The molecule has 0 atom stereocenters. The summed E-state index contributed by atoms with van der Waals surface area (Å²) < 4.78 is 11.8. The van der Waals surface area contributed by atoms with Crippen molar-refractivity contribution in [2.24, 2.45) is 0 Å². The lowest BCUT2D eigenvalue weighted by molar-refractivity contribution is -0.0599. The van der Waals surface area contributed by atoms with Crippen molar-refractivity contribution < 1.29 is 8.85 Å². The van der Waals surface area contributed by atoms with Crippen molar-refractivity contribution in [2.75, 3.05) is 7.05 Å². The second-order valence-electron chi connectivity index (χ2n) is 7.63. The second kappa shape index (κ2) is 6.83. The lowest BCUT2D eigenvalue weighted by atomic mass is 9.79. The third-order valence-corrected chi connectivity index (χ3v) is 5.72. The van der Waals surface area contributed by atoms with E-state index < -0.39 is 0 Å². The summed E-state index contributed by atoms with van der Waals surface area (Å²) in [5.41, 5.74) is 2.83. The number of hydrogen-bond acceptors (Lipinski definition) is 3. The van der Waals surface area contributed by atoms with Crippen LogP contribution in [0.4, 0.5) is 0 Å². The van der Waals surface area contributed by atoms with Crippen molar-refractivity contribution in [3.8, 4) is 0 Å². The Hall–Kier alpha value is -0.683. The summed E-state index contributed by atoms with van der Waals surface area (Å²) in [5.74, 6) is 0. The average molecular weight is 320 g/mol. The third kappa shape index (κ3) is 4.19. The second-order valence-corrected chi connectivity index (χ2v) is 8.32. The van der Waals surface area contributed by atoms with Crippen LogP contribution >= 0.6 is 0 Å². The largest absolute Gasteiger partial charge is 0.434 e. The standard InChI is InChI=1S/C18H29NO2Si/c1-14-9-7-8-10-15(14)13-20-22-21-16-11-17(2,3)19(6)18(4,5)12-16/h7-10,16H,11-13H2,1-6H3. The fraction of sp³-hybridized carbons (Fsp3) is 0.667. The molecule has 1 aliphatic heterocycles. The van der Waals surface area contributed by atoms with Crippen molar-refractivity contribution in [3.05, 3.63) is 35.4 Å². The van der Waals surface area contributed by atoms with Gasteiger partial charge in [-0.05, 0) is 65.6 Å². The molecular formula is C18H29NO2Si. The van der Waals surface area contributed by atoms with E-state index in [1.54, 1.807) is 0 Å². The van der Waals surface area contributed by atoms with Crippen molar-refractivity contribution in [2.45, 2.75) is 71.2 Å². The summed E-state index contributed by atoms with van der Waals surface area (Å²) in [6.07, 6.45) is 2.37. The van der Waals surface area contributed by atoms with Gasteiger partial charge in [0.05, 0.1) is 12.7 Å². The first kappa shape index (κ1) is 17.7. The summed E-state index contributed by atoms with van der Waals surface area (Å²) in [4.78, 5) is 2.47. The molecule has 2 rings (SSSR count). The molecule has 0 aromatic heterocycles. The predicted molar refractivity (Wildman–Crippen MR) is 91.8 cm³/mol. The van der Waals surface area contributed by atoms with Crippen LogP contribution in [0.2, 0.25) is 0 Å². The monoisotopic (exact) mass is 319 g/mol. The summed E-state index contributed by atoms with van der Waals surface area (Å²) in [7, 11) is 2.33. The predicted octanol–water partition coefficient (Wildman–Crippen LogP) is 3.71. The molecular weight excluding hydrogens is 290 g/mol. The molecule has 122 valence electrons. The molecule has 2 radical (unpaired) electrons. The average Bonchev–Trinajstić information content (AvgIpc) is 2.42. The number of nitrogens with zero attached hydrogens (tertiary/aromatic N) is 1. The van der Waals surface area contributed by atoms with Gasteiger partial charge in [0.2, 0.25) is 0 Å². The molecule has 22 heavy (non-hydrogen) atoms. The first-order chi connectivity index (χ1) is 10.2. The molecule has 1 heterocycles. The number of hydrogen-bond donors (Lipinski definition) is 0. The first-order valence-electron chi connectivity index (χ1n) is 8.03. The van der Waals surface area contributed by atoms with Crippen LogP contribution in [0.1, 0.15) is 51.7 Å². The maximum Gasteiger partial charge on any atom is 0.434 e. The minimum Gasteiger partial charge on any atom is -0.389 e. The molecule has 1 aliphatic rings. The fourth-order valence-electron chi connectivity index (χ4n) is 3.34. The summed E-state index contributed by atoms with van der Waals surface area (Å²) in [5, 5.41) is 0. The molecule has 0 spiro atoms. The van der Waals surface area contributed by atoms with E-state index in [2.05, 4.69) is 70.8 Å². The Balaban J connectivity index is 1.81. The Morgan fingerprint density at radius 1 is 1.14 bits per heavy atom. The van der Waals surface area contributed by atoms with Crippen LogP contribution in [0.5, 0.6) is 0 Å². The van der Waals surface area contributed by atoms with Gasteiger partial charge in [0.25, 0.3) is 0 Å². The van der Waals surface area contributed by atoms with Crippen LogP contribution in [-0.2, 0) is 15.5 Å². The van der Waals surface area contributed by atoms with Gasteiger partial charge in [-0.3, -0.25) is 4.90 Å². The Labute approximate surface area is 138 Å². The minimum atomic E-state index is 0.111. The smallest absolute Gasteiger partial charge is 0.389 e. The van der Waals surface area contributed by atoms with Gasteiger partial charge >= 0.3 is 10.0 Å². The maximum absolute atomic E-state index is 6.04. The van der Waals surface area contributed by atoms with Gasteiger partial charge in [0, 0.05) is 11.1 Å². The number of aryl methyl sites for hydroxylation is 1. The highest BCUT2D eigenvalue weighted by molar-refractivity contribution is 6.18. The number of benzene rings is 1. The SMILES string of the molecule is Cc1ccccc1CO[Si]OC1CC(C)(C)N(C)C(C)(C)C1. The molecule has 1 aromatic carbocycles. The van der Waals surface area contributed by atoms with E-state index in [9.17, 15) is 0 Å². The minimum absolute atomic E-state index is 0.111. The molecule has 1 aromatic rings. The van der Waals surface area contributed by atoms with Gasteiger partial charge < -0.3 is 8.85 Å². The van der Waals surface area contributed by atoms with E-state index in [-0.39, 0.29) is 27.2 Å². The normalized spacial score (nSPS) is 21.9. The van der Waals surface area contributed by atoms with Crippen LogP contribution in [0.15, 0.2) is 24.3 Å². The topological polar surface area (TPSA) is 21.7 Å². The lowest BCUT2D eigenvalue weighted by Gasteiger charge is -2.53. The molecule has 1 saturated heterocycles. The molecule has 0 N–H and O–H groups in total. The van der Waals surface area contributed by atoms with Gasteiger partial charge in [0.1, 0.15) is 0 Å². The number of likely N-dealkylation sites (tertiary alicyclic amines) is 1. The summed E-state index contributed by atoms with van der Waals surface area (Å²) in [6.45, 7) is 11.9. The highest BCUT2D eigenvalue weighted by Gasteiger charge is 2.43. The zero-order chi connectivity index (χ0) is 16.4. The summed E-state index contributed by atoms with van der Waals surface area (Å²) >= 11 is 0. The van der Waals surface area contributed by atoms with E-state index in [0.717, 1.165) is 12.8 Å². The van der Waals surface area contributed by atoms with E-state index in [4.69, 9.17) is 8.85 Å². The van der Waals surface area contributed by atoms with Crippen molar-refractivity contribution in [1.29, 1.82) is 0 Å². The van der Waals surface area contributed by atoms with E-state index in [1.165, 1.54) is 11.1 Å². The third-order valence-electron chi connectivity index (χ3n) is 5.03. The highest BCUT2D eigenvalue weighted by Crippen LogP contribution is 2.37. The van der Waals surface area contributed by atoms with Crippen LogP contribution in [0.3, 0.4) is 0 Å². The van der Waals surface area contributed by atoms with Crippen molar-refractivity contribution in [3.63, 3.8) is 0 Å². The van der Waals surface area contributed by atoms with Crippen LogP contribution < -0.4 is 0 Å². The Kier molecular flexibility index (Phi) is 5.48. The van der Waals surface area contributed by atoms with Gasteiger partial charge in [-0.2, -0.15) is 0 Å². The van der Waals surface area contributed by atoms with Gasteiger partial charge in [-0.15, -0.1) is 0 Å². The highest BCUT2D eigenvalue weighted by atomic mass is 28.3. The Morgan fingerprint density at radius 3 is 2.32 bits per heavy atom.